The van der Waals surface area contributed by atoms with Gasteiger partial charge >= 0.3 is 0 Å². The van der Waals surface area contributed by atoms with Crippen LogP contribution in [0.15, 0.2) is 53.4 Å². The Morgan fingerprint density at radius 3 is 2.05 bits per heavy atom. The highest BCUT2D eigenvalue weighted by Crippen LogP contribution is 2.25. The van der Waals surface area contributed by atoms with Crippen molar-refractivity contribution < 1.29 is 13.2 Å². The Labute approximate surface area is 139 Å². The first-order valence-corrected chi connectivity index (χ1v) is 8.90. The lowest BCUT2D eigenvalue weighted by Gasteiger charge is -2.02. The van der Waals surface area contributed by atoms with Crippen molar-refractivity contribution in [2.75, 3.05) is 6.26 Å². The highest BCUT2D eigenvalue weighted by atomic mass is 35.5. The number of halogens is 2. The molecule has 0 bridgehead atoms. The molecule has 0 N–H and O–H groups in total. The van der Waals surface area contributed by atoms with Crippen molar-refractivity contribution in [3.63, 3.8) is 0 Å². The number of carbonyl (C=O) groups is 1. The molecule has 0 aromatic heterocycles. The van der Waals surface area contributed by atoms with Crippen LogP contribution in [0, 0.1) is 0 Å². The molecule has 114 valence electrons. The molecule has 0 atom stereocenters. The normalized spacial score (nSPS) is 11.8. The number of rotatable bonds is 4. The number of hydrogen-bond donors (Lipinski definition) is 0. The Morgan fingerprint density at radius 2 is 1.55 bits per heavy atom. The van der Waals surface area contributed by atoms with Gasteiger partial charge in [0.1, 0.15) is 0 Å². The summed E-state index contributed by atoms with van der Waals surface area (Å²) in [5.41, 5.74) is 0.943. The van der Waals surface area contributed by atoms with Crippen LogP contribution in [0.2, 0.25) is 10.0 Å². The van der Waals surface area contributed by atoms with Crippen LogP contribution in [-0.2, 0) is 9.84 Å². The van der Waals surface area contributed by atoms with E-state index in [0.717, 1.165) is 6.26 Å². The summed E-state index contributed by atoms with van der Waals surface area (Å²) in [6.45, 7) is 0. The fraction of sp³-hybridized carbons (Fsp3) is 0.0625. The minimum Gasteiger partial charge on any atom is -0.289 e. The summed E-state index contributed by atoms with van der Waals surface area (Å²) >= 11 is 12.0. The van der Waals surface area contributed by atoms with Crippen LogP contribution in [-0.4, -0.2) is 20.5 Å². The molecule has 0 aliphatic rings. The van der Waals surface area contributed by atoms with Gasteiger partial charge in [-0.05, 0) is 48.6 Å². The number of allylic oxidation sites excluding steroid dienone is 1. The maximum absolute atomic E-state index is 12.1. The van der Waals surface area contributed by atoms with E-state index in [1.807, 2.05) is 0 Å². The topological polar surface area (TPSA) is 51.2 Å². The second kappa shape index (κ2) is 6.65. The molecule has 0 saturated carbocycles. The van der Waals surface area contributed by atoms with E-state index in [0.29, 0.717) is 21.2 Å². The molecule has 0 spiro atoms. The highest BCUT2D eigenvalue weighted by Gasteiger charge is 2.09. The van der Waals surface area contributed by atoms with Crippen LogP contribution >= 0.6 is 23.2 Å². The van der Waals surface area contributed by atoms with Crippen LogP contribution in [0.4, 0.5) is 0 Å². The van der Waals surface area contributed by atoms with Gasteiger partial charge in [0.2, 0.25) is 0 Å². The third kappa shape index (κ3) is 3.97. The molecule has 0 saturated heterocycles. The second-order valence-corrected chi connectivity index (χ2v) is 7.46. The SMILES string of the molecule is CS(=O)(=O)c1ccc(C(=O)/C=C/c2c(Cl)cccc2Cl)cc1. The van der Waals surface area contributed by atoms with Crippen LogP contribution in [0.3, 0.4) is 0 Å². The van der Waals surface area contributed by atoms with Gasteiger partial charge < -0.3 is 0 Å². The van der Waals surface area contributed by atoms with E-state index in [1.54, 1.807) is 18.2 Å². The van der Waals surface area contributed by atoms with Gasteiger partial charge in [0.05, 0.1) is 4.90 Å². The molecule has 2 aromatic carbocycles. The molecule has 0 fully saturated rings. The number of carbonyl (C=O) groups excluding carboxylic acids is 1. The molecule has 3 nitrogen and oxygen atoms in total. The zero-order valence-corrected chi connectivity index (χ0v) is 13.9. The smallest absolute Gasteiger partial charge is 0.185 e. The molecule has 0 aliphatic carbocycles. The lowest BCUT2D eigenvalue weighted by molar-refractivity contribution is 0.104. The third-order valence-corrected chi connectivity index (χ3v) is 4.76. The van der Waals surface area contributed by atoms with Crippen molar-refractivity contribution in [2.24, 2.45) is 0 Å². The van der Waals surface area contributed by atoms with Gasteiger partial charge in [-0.2, -0.15) is 0 Å². The molecule has 0 heterocycles. The predicted molar refractivity (Wildman–Crippen MR) is 89.4 cm³/mol. The van der Waals surface area contributed by atoms with E-state index in [2.05, 4.69) is 0 Å². The van der Waals surface area contributed by atoms with E-state index in [9.17, 15) is 13.2 Å². The highest BCUT2D eigenvalue weighted by molar-refractivity contribution is 7.90. The Bertz CT molecular complexity index is 818. The fourth-order valence-electron chi connectivity index (χ4n) is 1.79. The lowest BCUT2D eigenvalue weighted by Crippen LogP contribution is -1.99. The summed E-state index contributed by atoms with van der Waals surface area (Å²) in [4.78, 5) is 12.2. The molecule has 2 rings (SSSR count). The fourth-order valence-corrected chi connectivity index (χ4v) is 2.95. The van der Waals surface area contributed by atoms with Crippen molar-refractivity contribution >= 4 is 44.9 Å². The number of benzene rings is 2. The minimum atomic E-state index is -3.28. The number of ketones is 1. The summed E-state index contributed by atoms with van der Waals surface area (Å²) in [5, 5.41) is 0.896. The zero-order chi connectivity index (χ0) is 16.3. The van der Waals surface area contributed by atoms with E-state index < -0.39 is 9.84 Å². The average Bonchev–Trinajstić information content (AvgIpc) is 2.46. The molecule has 2 aromatic rings. The predicted octanol–water partition coefficient (Wildman–Crippen LogP) is 4.29. The first-order chi connectivity index (χ1) is 10.3. The van der Waals surface area contributed by atoms with Crippen LogP contribution in [0.25, 0.3) is 6.08 Å². The molecule has 6 heteroatoms. The first-order valence-electron chi connectivity index (χ1n) is 6.25. The monoisotopic (exact) mass is 354 g/mol. The van der Waals surface area contributed by atoms with Crippen LogP contribution in [0.1, 0.15) is 15.9 Å². The van der Waals surface area contributed by atoms with E-state index in [-0.39, 0.29) is 10.7 Å². The molecule has 0 unspecified atom stereocenters. The van der Waals surface area contributed by atoms with Crippen molar-refractivity contribution in [3.8, 4) is 0 Å². The summed E-state index contributed by atoms with van der Waals surface area (Å²) in [5.74, 6) is -0.268. The molecule has 0 amide bonds. The Hall–Kier alpha value is -1.62. The summed E-state index contributed by atoms with van der Waals surface area (Å²) < 4.78 is 22.7. The number of sulfone groups is 1. The summed E-state index contributed by atoms with van der Waals surface area (Å²) in [6.07, 6.45) is 4.00. The maximum atomic E-state index is 12.1. The van der Waals surface area contributed by atoms with Crippen LogP contribution < -0.4 is 0 Å². The van der Waals surface area contributed by atoms with Crippen molar-refractivity contribution in [2.45, 2.75) is 4.90 Å². The van der Waals surface area contributed by atoms with Crippen molar-refractivity contribution in [3.05, 3.63) is 69.7 Å². The standard InChI is InChI=1S/C16H12Cl2O3S/c1-22(20,21)12-7-5-11(6-8-12)16(19)10-9-13-14(17)3-2-4-15(13)18/h2-10H,1H3/b10-9+. The quantitative estimate of drug-likeness (QED) is 0.607. The third-order valence-electron chi connectivity index (χ3n) is 2.97. The lowest BCUT2D eigenvalue weighted by atomic mass is 10.1. The minimum absolute atomic E-state index is 0.169. The van der Waals surface area contributed by atoms with E-state index >= 15 is 0 Å². The van der Waals surface area contributed by atoms with Gasteiger partial charge in [0, 0.05) is 27.4 Å². The molecule has 22 heavy (non-hydrogen) atoms. The molecular formula is C16H12Cl2O3S. The Balaban J connectivity index is 2.24. The van der Waals surface area contributed by atoms with Gasteiger partial charge in [-0.3, -0.25) is 4.79 Å². The Kier molecular flexibility index (Phi) is 5.06. The van der Waals surface area contributed by atoms with Gasteiger partial charge in [-0.15, -0.1) is 0 Å². The average molecular weight is 355 g/mol. The Morgan fingerprint density at radius 1 is 1.00 bits per heavy atom. The van der Waals surface area contributed by atoms with Gasteiger partial charge in [-0.25, -0.2) is 8.42 Å². The zero-order valence-electron chi connectivity index (χ0n) is 11.6. The molecular weight excluding hydrogens is 343 g/mol. The van der Waals surface area contributed by atoms with E-state index in [4.69, 9.17) is 23.2 Å². The summed E-state index contributed by atoms with van der Waals surface area (Å²) in [7, 11) is -3.28. The summed E-state index contributed by atoms with van der Waals surface area (Å²) in [6, 6.07) is 10.8. The van der Waals surface area contributed by atoms with Crippen molar-refractivity contribution in [1.82, 2.24) is 0 Å². The second-order valence-electron chi connectivity index (χ2n) is 4.63. The van der Waals surface area contributed by atoms with Crippen LogP contribution in [0.5, 0.6) is 0 Å². The van der Waals surface area contributed by atoms with Gasteiger partial charge in [0.25, 0.3) is 0 Å². The van der Waals surface area contributed by atoms with Gasteiger partial charge in [-0.1, -0.05) is 29.3 Å². The van der Waals surface area contributed by atoms with E-state index in [1.165, 1.54) is 36.4 Å². The number of hydrogen-bond acceptors (Lipinski definition) is 3. The maximum Gasteiger partial charge on any atom is 0.185 e. The van der Waals surface area contributed by atoms with Gasteiger partial charge in [0.15, 0.2) is 15.6 Å². The molecule has 0 aliphatic heterocycles. The molecule has 0 radical (unpaired) electrons. The largest absolute Gasteiger partial charge is 0.289 e. The first kappa shape index (κ1) is 16.7. The van der Waals surface area contributed by atoms with Crippen molar-refractivity contribution in [1.29, 1.82) is 0 Å².